The van der Waals surface area contributed by atoms with Crippen molar-refractivity contribution < 1.29 is 4.42 Å². The smallest absolute Gasteiger partial charge is 0.135 e. The molecule has 12 aromatic rings. The molecule has 0 saturated heterocycles. The van der Waals surface area contributed by atoms with Crippen LogP contribution in [0.15, 0.2) is 229 Å². The van der Waals surface area contributed by atoms with Gasteiger partial charge in [0.2, 0.25) is 0 Å². The molecule has 14 rings (SSSR count). The fraction of sp³-hybridized carbons (Fsp3) is 0.0161. The van der Waals surface area contributed by atoms with Crippen molar-refractivity contribution in [3.8, 4) is 66.9 Å². The van der Waals surface area contributed by atoms with Crippen LogP contribution in [0, 0.1) is 0 Å². The van der Waals surface area contributed by atoms with Gasteiger partial charge in [0.05, 0.1) is 11.1 Å². The summed E-state index contributed by atoms with van der Waals surface area (Å²) in [6.45, 7) is 0. The molecule has 0 fully saturated rings. The lowest BCUT2D eigenvalue weighted by atomic mass is 9.70. The SMILES string of the molecule is c1ccc(-c2c3ccccc3c(-c3ccc(-c4ccc5c(c4)C4(c6ccccc6-c6ccccc64)c4ccccc4-5)nc3)c3ccc(-c4ccc5oc6ccccc6c5c4)cc23)cc1. The van der Waals surface area contributed by atoms with Crippen molar-refractivity contribution in [2.45, 2.75) is 5.41 Å². The first-order chi connectivity index (χ1) is 31.7. The van der Waals surface area contributed by atoms with Crippen molar-refractivity contribution in [3.63, 3.8) is 0 Å². The van der Waals surface area contributed by atoms with E-state index in [0.717, 1.165) is 49.9 Å². The Labute approximate surface area is 370 Å². The maximum atomic E-state index is 6.21. The molecule has 2 aliphatic rings. The first-order valence-electron chi connectivity index (χ1n) is 22.1. The fourth-order valence-corrected chi connectivity index (χ4v) is 11.5. The normalized spacial score (nSPS) is 13.1. The van der Waals surface area contributed by atoms with Crippen LogP contribution in [0.25, 0.3) is 110 Å². The highest BCUT2D eigenvalue weighted by atomic mass is 16.3. The van der Waals surface area contributed by atoms with E-state index >= 15 is 0 Å². The summed E-state index contributed by atoms with van der Waals surface area (Å²) >= 11 is 0. The maximum Gasteiger partial charge on any atom is 0.135 e. The Hall–Kier alpha value is -8.33. The lowest BCUT2D eigenvalue weighted by Gasteiger charge is -2.30. The number of aromatic nitrogens is 1. The van der Waals surface area contributed by atoms with Gasteiger partial charge in [-0.3, -0.25) is 4.98 Å². The van der Waals surface area contributed by atoms with Crippen molar-refractivity contribution in [2.75, 3.05) is 0 Å². The van der Waals surface area contributed by atoms with Crippen LogP contribution in [0.1, 0.15) is 22.3 Å². The Bertz CT molecular complexity index is 3830. The van der Waals surface area contributed by atoms with Gasteiger partial charge in [-0.2, -0.15) is 0 Å². The molecule has 0 unspecified atom stereocenters. The summed E-state index contributed by atoms with van der Waals surface area (Å²) in [5.41, 5.74) is 21.1. The predicted octanol–water partition coefficient (Wildman–Crippen LogP) is 16.3. The zero-order valence-electron chi connectivity index (χ0n) is 34.7. The van der Waals surface area contributed by atoms with Gasteiger partial charge in [0.1, 0.15) is 11.2 Å². The van der Waals surface area contributed by atoms with Gasteiger partial charge in [0.25, 0.3) is 0 Å². The molecule has 10 aromatic carbocycles. The largest absolute Gasteiger partial charge is 0.456 e. The zero-order valence-corrected chi connectivity index (χ0v) is 34.7. The van der Waals surface area contributed by atoms with Crippen LogP contribution in [0.2, 0.25) is 0 Å². The maximum absolute atomic E-state index is 6.21. The highest BCUT2D eigenvalue weighted by molar-refractivity contribution is 6.22. The van der Waals surface area contributed by atoms with Crippen LogP contribution < -0.4 is 0 Å². The van der Waals surface area contributed by atoms with Crippen LogP contribution in [0.4, 0.5) is 0 Å². The number of hydrogen-bond acceptors (Lipinski definition) is 2. The van der Waals surface area contributed by atoms with Crippen molar-refractivity contribution >= 4 is 43.5 Å². The molecule has 0 saturated carbocycles. The molecule has 2 aliphatic carbocycles. The van der Waals surface area contributed by atoms with Gasteiger partial charge in [-0.05, 0) is 130 Å². The minimum absolute atomic E-state index is 0.399. The number of rotatable bonds is 4. The molecule has 0 amide bonds. The lowest BCUT2D eigenvalue weighted by Crippen LogP contribution is -2.25. The highest BCUT2D eigenvalue weighted by Crippen LogP contribution is 2.63. The monoisotopic (exact) mass is 811 g/mol. The second kappa shape index (κ2) is 13.3. The van der Waals surface area contributed by atoms with E-state index in [1.165, 1.54) is 82.7 Å². The molecule has 2 heteroatoms. The van der Waals surface area contributed by atoms with Crippen molar-refractivity contribution in [1.82, 2.24) is 4.98 Å². The first-order valence-corrected chi connectivity index (χ1v) is 22.1. The molecule has 1 spiro atoms. The summed E-state index contributed by atoms with van der Waals surface area (Å²) in [6, 6.07) is 80.0. The standard InChI is InChI=1S/C62H37NO/c1-2-14-38(15-3-1)60-48-20-4-5-21-49(48)61(50-31-26-39(35-52(50)60)40-29-33-59-51(34-40)47-19-9-13-25-58(47)64-59)42-28-32-57(63-37-42)41-27-30-46-45-18-8-12-24-55(45)62(56(46)36-41)53-22-10-6-16-43(53)44-17-7-11-23-54(44)62/h1-37H. The van der Waals surface area contributed by atoms with E-state index in [0.29, 0.717) is 0 Å². The Morgan fingerprint density at radius 3 is 1.47 bits per heavy atom. The van der Waals surface area contributed by atoms with E-state index < -0.39 is 5.41 Å². The van der Waals surface area contributed by atoms with Crippen molar-refractivity contribution in [1.29, 1.82) is 0 Å². The Kier molecular flexibility index (Phi) is 7.35. The van der Waals surface area contributed by atoms with E-state index in [1.807, 2.05) is 12.1 Å². The van der Waals surface area contributed by atoms with Gasteiger partial charge in [0, 0.05) is 28.1 Å². The Morgan fingerprint density at radius 2 is 0.797 bits per heavy atom. The number of benzene rings is 10. The third kappa shape index (κ3) is 4.82. The third-order valence-electron chi connectivity index (χ3n) is 14.1. The van der Waals surface area contributed by atoms with Crippen LogP contribution in [-0.2, 0) is 5.41 Å². The van der Waals surface area contributed by atoms with E-state index in [-0.39, 0.29) is 0 Å². The minimum atomic E-state index is -0.399. The van der Waals surface area contributed by atoms with Gasteiger partial charge in [-0.1, -0.05) is 182 Å². The number of pyridine rings is 1. The number of hydrogen-bond donors (Lipinski definition) is 0. The molecule has 0 atom stereocenters. The van der Waals surface area contributed by atoms with E-state index in [2.05, 4.69) is 212 Å². The highest BCUT2D eigenvalue weighted by Gasteiger charge is 2.51. The summed E-state index contributed by atoms with van der Waals surface area (Å²) in [7, 11) is 0. The molecular weight excluding hydrogens is 775 g/mol. The Morgan fingerprint density at radius 1 is 0.297 bits per heavy atom. The molecule has 0 N–H and O–H groups in total. The van der Waals surface area contributed by atoms with Crippen molar-refractivity contribution in [2.24, 2.45) is 0 Å². The summed E-state index contributed by atoms with van der Waals surface area (Å²) in [5.74, 6) is 0. The molecule has 2 heterocycles. The van der Waals surface area contributed by atoms with E-state index in [4.69, 9.17) is 9.40 Å². The summed E-state index contributed by atoms with van der Waals surface area (Å²) in [5, 5.41) is 7.09. The topological polar surface area (TPSA) is 26.0 Å². The molecule has 0 bridgehead atoms. The number of fused-ring (bicyclic) bond motifs is 15. The first kappa shape index (κ1) is 35.3. The van der Waals surface area contributed by atoms with Crippen LogP contribution in [0.5, 0.6) is 0 Å². The van der Waals surface area contributed by atoms with Crippen LogP contribution in [-0.4, -0.2) is 4.98 Å². The molecule has 2 aromatic heterocycles. The molecule has 2 nitrogen and oxygen atoms in total. The summed E-state index contributed by atoms with van der Waals surface area (Å²) in [6.07, 6.45) is 2.09. The molecular formula is C62H37NO. The van der Waals surface area contributed by atoms with Gasteiger partial charge >= 0.3 is 0 Å². The fourth-order valence-electron chi connectivity index (χ4n) is 11.5. The van der Waals surface area contributed by atoms with Gasteiger partial charge in [-0.15, -0.1) is 0 Å². The van der Waals surface area contributed by atoms with Gasteiger partial charge < -0.3 is 4.42 Å². The molecule has 0 radical (unpaired) electrons. The van der Waals surface area contributed by atoms with Crippen LogP contribution >= 0.6 is 0 Å². The van der Waals surface area contributed by atoms with Crippen molar-refractivity contribution in [3.05, 3.63) is 247 Å². The van der Waals surface area contributed by atoms with E-state index in [1.54, 1.807) is 0 Å². The molecule has 64 heavy (non-hydrogen) atoms. The summed E-state index contributed by atoms with van der Waals surface area (Å²) in [4.78, 5) is 5.30. The Balaban J connectivity index is 0.941. The van der Waals surface area contributed by atoms with Crippen LogP contribution in [0.3, 0.4) is 0 Å². The number of nitrogens with zero attached hydrogens (tertiary/aromatic N) is 1. The number of furan rings is 1. The van der Waals surface area contributed by atoms with E-state index in [9.17, 15) is 0 Å². The second-order valence-corrected chi connectivity index (χ2v) is 17.3. The summed E-state index contributed by atoms with van der Waals surface area (Å²) < 4.78 is 6.21. The predicted molar refractivity (Wildman–Crippen MR) is 265 cm³/mol. The average Bonchev–Trinajstić information content (AvgIpc) is 3.99. The third-order valence-corrected chi connectivity index (χ3v) is 14.1. The van der Waals surface area contributed by atoms with Gasteiger partial charge in [-0.25, -0.2) is 0 Å². The second-order valence-electron chi connectivity index (χ2n) is 17.3. The minimum Gasteiger partial charge on any atom is -0.456 e. The molecule has 296 valence electrons. The average molecular weight is 812 g/mol. The zero-order chi connectivity index (χ0) is 41.9. The number of para-hydroxylation sites is 1. The van der Waals surface area contributed by atoms with Gasteiger partial charge in [0.15, 0.2) is 0 Å². The lowest BCUT2D eigenvalue weighted by molar-refractivity contribution is 0.669. The molecule has 0 aliphatic heterocycles. The quantitative estimate of drug-likeness (QED) is 0.166.